The lowest BCUT2D eigenvalue weighted by Gasteiger charge is -2.25. The van der Waals surface area contributed by atoms with Gasteiger partial charge in [0, 0.05) is 0 Å². The van der Waals surface area contributed by atoms with Crippen molar-refractivity contribution in [3.8, 4) is 17.2 Å². The van der Waals surface area contributed by atoms with E-state index in [9.17, 15) is 30.3 Å². The van der Waals surface area contributed by atoms with E-state index >= 15 is 0 Å². The number of carbonyl (C=O) groups excluding carboxylic acids is 1. The molecule has 1 rings (SSSR count). The molecule has 0 spiro atoms. The molecule has 10 heteroatoms. The van der Waals surface area contributed by atoms with Crippen molar-refractivity contribution in [1.82, 2.24) is 0 Å². The summed E-state index contributed by atoms with van der Waals surface area (Å²) >= 11 is 0. The monoisotopic (exact) mass is 334 g/mol. The van der Waals surface area contributed by atoms with Crippen molar-refractivity contribution >= 4 is 5.97 Å². The molecule has 0 aliphatic carbocycles. The Kier molecular flexibility index (Phi) is 6.54. The van der Waals surface area contributed by atoms with Crippen LogP contribution in [-0.2, 0) is 4.74 Å². The van der Waals surface area contributed by atoms with E-state index in [-0.39, 0.29) is 5.56 Å². The molecule has 0 unspecified atom stereocenters. The zero-order valence-electron chi connectivity index (χ0n) is 11.8. The largest absolute Gasteiger partial charge is 0.504 e. The Bertz CT molecular complexity index is 523. The molecule has 0 aliphatic heterocycles. The number of hydrogen-bond acceptors (Lipinski definition) is 10. The summed E-state index contributed by atoms with van der Waals surface area (Å²) in [4.78, 5) is 11.7. The third-order valence-corrected chi connectivity index (χ3v) is 3.02. The lowest BCUT2D eigenvalue weighted by molar-refractivity contribution is -0.124. The Morgan fingerprint density at radius 1 is 0.957 bits per heavy atom. The third-order valence-electron chi connectivity index (χ3n) is 3.02. The zero-order valence-corrected chi connectivity index (χ0v) is 11.8. The van der Waals surface area contributed by atoms with Crippen molar-refractivity contribution in [2.75, 3.05) is 13.2 Å². The van der Waals surface area contributed by atoms with Crippen LogP contribution in [0.3, 0.4) is 0 Å². The minimum absolute atomic E-state index is 0.338. The first-order valence-corrected chi connectivity index (χ1v) is 6.44. The summed E-state index contributed by atoms with van der Waals surface area (Å²) in [5, 5.41) is 73.9. The van der Waals surface area contributed by atoms with Gasteiger partial charge < -0.3 is 45.6 Å². The van der Waals surface area contributed by atoms with Crippen LogP contribution in [0, 0.1) is 0 Å². The first kappa shape index (κ1) is 18.9. The molecular weight excluding hydrogens is 316 g/mol. The molecule has 0 aliphatic rings. The van der Waals surface area contributed by atoms with Crippen LogP contribution in [-0.4, -0.2) is 84.5 Å². The Morgan fingerprint density at radius 2 is 1.43 bits per heavy atom. The van der Waals surface area contributed by atoms with Gasteiger partial charge in [0.2, 0.25) is 0 Å². The van der Waals surface area contributed by atoms with Gasteiger partial charge in [-0.3, -0.25) is 0 Å². The quantitative estimate of drug-likeness (QED) is 0.194. The maximum Gasteiger partial charge on any atom is 0.338 e. The van der Waals surface area contributed by atoms with E-state index in [2.05, 4.69) is 4.74 Å². The van der Waals surface area contributed by atoms with Crippen molar-refractivity contribution in [2.45, 2.75) is 24.4 Å². The minimum Gasteiger partial charge on any atom is -0.504 e. The van der Waals surface area contributed by atoms with Gasteiger partial charge in [0.25, 0.3) is 0 Å². The summed E-state index contributed by atoms with van der Waals surface area (Å²) in [6.07, 6.45) is -7.22. The van der Waals surface area contributed by atoms with Gasteiger partial charge >= 0.3 is 5.97 Å². The number of phenolic OH excluding ortho intramolecular Hbond substituents is 3. The molecule has 4 atom stereocenters. The van der Waals surface area contributed by atoms with E-state index in [1.54, 1.807) is 0 Å². The van der Waals surface area contributed by atoms with Crippen LogP contribution in [0.4, 0.5) is 0 Å². The number of benzene rings is 1. The average molecular weight is 334 g/mol. The highest BCUT2D eigenvalue weighted by Gasteiger charge is 2.31. The number of rotatable bonds is 7. The minimum atomic E-state index is -1.90. The second-order valence-corrected chi connectivity index (χ2v) is 4.76. The first-order valence-electron chi connectivity index (χ1n) is 6.44. The summed E-state index contributed by atoms with van der Waals surface area (Å²) in [6.45, 7) is -1.63. The molecule has 0 aromatic heterocycles. The number of carbonyl (C=O) groups is 1. The molecule has 0 radical (unpaired) electrons. The molecule has 0 saturated heterocycles. The number of aromatic hydroxyl groups is 3. The van der Waals surface area contributed by atoms with Crippen LogP contribution in [0.25, 0.3) is 0 Å². The number of hydrogen-bond donors (Lipinski definition) is 8. The van der Waals surface area contributed by atoms with Crippen LogP contribution < -0.4 is 0 Å². The molecule has 1 aromatic carbocycles. The van der Waals surface area contributed by atoms with Gasteiger partial charge in [-0.15, -0.1) is 0 Å². The molecule has 1 aromatic rings. The predicted octanol–water partition coefficient (Wildman–Crippen LogP) is -2.60. The Hall–Kier alpha value is -2.11. The molecule has 0 saturated carbocycles. The summed E-state index contributed by atoms with van der Waals surface area (Å²) in [7, 11) is 0. The van der Waals surface area contributed by atoms with Gasteiger partial charge in [-0.05, 0) is 12.1 Å². The Balaban J connectivity index is 2.65. The van der Waals surface area contributed by atoms with E-state index in [0.717, 1.165) is 12.1 Å². The van der Waals surface area contributed by atoms with Crippen molar-refractivity contribution < 1.29 is 50.4 Å². The standard InChI is InChI=1S/C13H18O10/c14-3-8(17)11(20)12(21)9(18)4-23-13(22)5-1-6(15)10(19)7(16)2-5/h1-2,8-9,11-12,14-21H,3-4H2/t8-,9-,11-,12-/m1/s1. The normalized spacial score (nSPS) is 16.4. The second kappa shape index (κ2) is 7.94. The lowest BCUT2D eigenvalue weighted by Crippen LogP contribution is -2.47. The second-order valence-electron chi connectivity index (χ2n) is 4.76. The topological polar surface area (TPSA) is 188 Å². The number of ether oxygens (including phenoxy) is 1. The van der Waals surface area contributed by atoms with Crippen LogP contribution >= 0.6 is 0 Å². The van der Waals surface area contributed by atoms with E-state index in [1.807, 2.05) is 0 Å². The number of aliphatic hydroxyl groups is 5. The fraction of sp³-hybridized carbons (Fsp3) is 0.462. The van der Waals surface area contributed by atoms with Gasteiger partial charge in [-0.1, -0.05) is 0 Å². The maximum absolute atomic E-state index is 11.7. The average Bonchev–Trinajstić information content (AvgIpc) is 2.54. The highest BCUT2D eigenvalue weighted by molar-refractivity contribution is 5.91. The highest BCUT2D eigenvalue weighted by atomic mass is 16.5. The molecular formula is C13H18O10. The van der Waals surface area contributed by atoms with Crippen molar-refractivity contribution in [3.05, 3.63) is 17.7 Å². The molecule has 0 bridgehead atoms. The fourth-order valence-electron chi connectivity index (χ4n) is 1.63. The first-order chi connectivity index (χ1) is 10.7. The highest BCUT2D eigenvalue weighted by Crippen LogP contribution is 2.35. The molecule has 0 heterocycles. The predicted molar refractivity (Wildman–Crippen MR) is 72.8 cm³/mol. The third kappa shape index (κ3) is 4.68. The number of esters is 1. The van der Waals surface area contributed by atoms with Crippen LogP contribution in [0.1, 0.15) is 10.4 Å². The maximum atomic E-state index is 11.7. The summed E-state index contributed by atoms with van der Waals surface area (Å²) in [5.41, 5.74) is -0.338. The van der Waals surface area contributed by atoms with Gasteiger partial charge in [-0.25, -0.2) is 4.79 Å². The van der Waals surface area contributed by atoms with Gasteiger partial charge in [-0.2, -0.15) is 0 Å². The van der Waals surface area contributed by atoms with Crippen LogP contribution in [0.2, 0.25) is 0 Å². The SMILES string of the molecule is O=C(OC[C@@H](O)[C@@H](O)[C@H](O)[C@H](O)CO)c1cc(O)c(O)c(O)c1. The molecule has 8 N–H and O–H groups in total. The molecule has 10 nitrogen and oxygen atoms in total. The van der Waals surface area contributed by atoms with Crippen LogP contribution in [0.15, 0.2) is 12.1 Å². The Labute approximate surface area is 130 Å². The lowest BCUT2D eigenvalue weighted by atomic mass is 10.0. The fourth-order valence-corrected chi connectivity index (χ4v) is 1.63. The molecule has 130 valence electrons. The summed E-state index contributed by atoms with van der Waals surface area (Å²) < 4.78 is 4.62. The molecule has 0 fully saturated rings. The zero-order chi connectivity index (χ0) is 17.7. The van der Waals surface area contributed by atoms with E-state index in [0.29, 0.717) is 0 Å². The molecule has 0 amide bonds. The van der Waals surface area contributed by atoms with Gasteiger partial charge in [0.05, 0.1) is 12.2 Å². The van der Waals surface area contributed by atoms with Crippen molar-refractivity contribution in [3.63, 3.8) is 0 Å². The summed E-state index contributed by atoms with van der Waals surface area (Å²) in [6, 6.07) is 1.62. The number of phenols is 3. The Morgan fingerprint density at radius 3 is 1.91 bits per heavy atom. The molecule has 23 heavy (non-hydrogen) atoms. The summed E-state index contributed by atoms with van der Waals surface area (Å²) in [5.74, 6) is -3.45. The van der Waals surface area contributed by atoms with Crippen molar-refractivity contribution in [2.24, 2.45) is 0 Å². The number of aliphatic hydroxyl groups excluding tert-OH is 5. The van der Waals surface area contributed by atoms with E-state index < -0.39 is 60.8 Å². The van der Waals surface area contributed by atoms with Crippen molar-refractivity contribution in [1.29, 1.82) is 0 Å². The van der Waals surface area contributed by atoms with Crippen LogP contribution in [0.5, 0.6) is 17.2 Å². The van der Waals surface area contributed by atoms with Gasteiger partial charge in [0.15, 0.2) is 17.2 Å². The van der Waals surface area contributed by atoms with E-state index in [1.165, 1.54) is 0 Å². The van der Waals surface area contributed by atoms with Gasteiger partial charge in [0.1, 0.15) is 31.0 Å². The smallest absolute Gasteiger partial charge is 0.338 e. The van der Waals surface area contributed by atoms with E-state index in [4.69, 9.17) is 15.3 Å².